The Labute approximate surface area is 116 Å². The minimum atomic E-state index is 0.794. The van der Waals surface area contributed by atoms with Crippen LogP contribution in [0.3, 0.4) is 0 Å². The lowest BCUT2D eigenvalue weighted by Crippen LogP contribution is -2.25. The topological polar surface area (TPSA) is 41.0 Å². The summed E-state index contributed by atoms with van der Waals surface area (Å²) in [5, 5.41) is 3.25. The summed E-state index contributed by atoms with van der Waals surface area (Å²) in [6, 6.07) is 2.07. The van der Waals surface area contributed by atoms with Gasteiger partial charge in [0, 0.05) is 25.7 Å². The van der Waals surface area contributed by atoms with Gasteiger partial charge in [-0.15, -0.1) is 0 Å². The Morgan fingerprint density at radius 1 is 1.32 bits per heavy atom. The zero-order valence-corrected chi connectivity index (χ0v) is 12.4. The lowest BCUT2D eigenvalue weighted by Gasteiger charge is -2.22. The first-order valence-corrected chi connectivity index (χ1v) is 7.51. The largest absolute Gasteiger partial charge is 0.370 e. The Bertz CT molecular complexity index is 391. The summed E-state index contributed by atoms with van der Waals surface area (Å²) >= 11 is 0. The van der Waals surface area contributed by atoms with E-state index in [1.165, 1.54) is 19.3 Å². The molecule has 1 aromatic heterocycles. The molecule has 1 aliphatic heterocycles. The molecule has 1 saturated heterocycles. The molecular weight excluding hydrogens is 236 g/mol. The van der Waals surface area contributed by atoms with Crippen molar-refractivity contribution < 1.29 is 0 Å². The van der Waals surface area contributed by atoms with Crippen LogP contribution in [0.1, 0.15) is 40.0 Å². The van der Waals surface area contributed by atoms with Crippen LogP contribution in [0.15, 0.2) is 12.4 Å². The Morgan fingerprint density at radius 3 is 2.89 bits per heavy atom. The van der Waals surface area contributed by atoms with Crippen LogP contribution in [0, 0.1) is 11.8 Å². The molecule has 4 nitrogen and oxygen atoms in total. The Morgan fingerprint density at radius 2 is 2.16 bits per heavy atom. The van der Waals surface area contributed by atoms with E-state index in [1.54, 1.807) is 6.33 Å². The molecule has 2 heterocycles. The zero-order chi connectivity index (χ0) is 13.7. The van der Waals surface area contributed by atoms with Crippen molar-refractivity contribution in [1.82, 2.24) is 9.97 Å². The van der Waals surface area contributed by atoms with E-state index in [9.17, 15) is 0 Å². The van der Waals surface area contributed by atoms with Gasteiger partial charge in [-0.3, -0.25) is 0 Å². The summed E-state index contributed by atoms with van der Waals surface area (Å²) in [7, 11) is 0. The fourth-order valence-electron chi connectivity index (χ4n) is 2.82. The Hall–Kier alpha value is -1.32. The average Bonchev–Trinajstić information content (AvgIpc) is 2.65. The summed E-state index contributed by atoms with van der Waals surface area (Å²) in [4.78, 5) is 11.1. The van der Waals surface area contributed by atoms with E-state index in [2.05, 4.69) is 47.0 Å². The zero-order valence-electron chi connectivity index (χ0n) is 12.4. The molecule has 1 unspecified atom stereocenters. The van der Waals surface area contributed by atoms with E-state index in [1.807, 2.05) is 0 Å². The predicted molar refractivity (Wildman–Crippen MR) is 80.6 cm³/mol. The Kier molecular flexibility index (Phi) is 5.00. The third-order valence-corrected chi connectivity index (χ3v) is 4.05. The van der Waals surface area contributed by atoms with E-state index in [-0.39, 0.29) is 0 Å². The minimum Gasteiger partial charge on any atom is -0.370 e. The highest BCUT2D eigenvalue weighted by atomic mass is 15.2. The quantitative estimate of drug-likeness (QED) is 0.905. The maximum absolute atomic E-state index is 4.43. The number of hydrogen-bond acceptors (Lipinski definition) is 4. The van der Waals surface area contributed by atoms with Crippen LogP contribution in [-0.2, 0) is 0 Å². The molecule has 1 aromatic rings. The molecule has 19 heavy (non-hydrogen) atoms. The third-order valence-electron chi connectivity index (χ3n) is 4.05. The second kappa shape index (κ2) is 6.73. The molecule has 1 aliphatic rings. The molecule has 0 aromatic carbocycles. The van der Waals surface area contributed by atoms with Gasteiger partial charge in [0.1, 0.15) is 18.0 Å². The normalized spacial score (nSPS) is 20.4. The smallest absolute Gasteiger partial charge is 0.134 e. The van der Waals surface area contributed by atoms with Gasteiger partial charge in [-0.2, -0.15) is 0 Å². The van der Waals surface area contributed by atoms with Gasteiger partial charge in [0.05, 0.1) is 0 Å². The van der Waals surface area contributed by atoms with E-state index in [4.69, 9.17) is 0 Å². The maximum atomic E-state index is 4.43. The maximum Gasteiger partial charge on any atom is 0.134 e. The van der Waals surface area contributed by atoms with E-state index < -0.39 is 0 Å². The van der Waals surface area contributed by atoms with Crippen molar-refractivity contribution in [3.8, 4) is 0 Å². The molecule has 1 N–H and O–H groups in total. The number of hydrogen-bond donors (Lipinski definition) is 1. The van der Waals surface area contributed by atoms with Gasteiger partial charge in [0.25, 0.3) is 0 Å². The van der Waals surface area contributed by atoms with Crippen molar-refractivity contribution in [1.29, 1.82) is 0 Å². The third kappa shape index (κ3) is 3.82. The number of nitrogens with zero attached hydrogens (tertiary/aromatic N) is 3. The number of rotatable bonds is 4. The van der Waals surface area contributed by atoms with Gasteiger partial charge in [-0.05, 0) is 38.0 Å². The fraction of sp³-hybridized carbons (Fsp3) is 0.733. The number of aromatic nitrogens is 2. The lowest BCUT2D eigenvalue weighted by molar-refractivity contribution is 0.351. The highest BCUT2D eigenvalue weighted by Crippen LogP contribution is 2.26. The summed E-state index contributed by atoms with van der Waals surface area (Å²) in [6.07, 6.45) is 5.55. The molecule has 1 fully saturated rings. The first-order valence-electron chi connectivity index (χ1n) is 7.51. The van der Waals surface area contributed by atoms with Crippen LogP contribution in [0.2, 0.25) is 0 Å². The number of nitrogens with one attached hydrogen (secondary N) is 1. The molecule has 0 aliphatic carbocycles. The standard InChI is InChI=1S/C15H26N4/c1-4-16-14-10-15(18-11-17-14)19-8-5-6-13(7-9-19)12(2)3/h10-13H,4-9H2,1-3H3,(H,16,17,18). The summed E-state index contributed by atoms with van der Waals surface area (Å²) in [5.41, 5.74) is 0. The summed E-state index contributed by atoms with van der Waals surface area (Å²) in [5.74, 6) is 3.65. The highest BCUT2D eigenvalue weighted by molar-refractivity contribution is 5.48. The lowest BCUT2D eigenvalue weighted by atomic mass is 9.89. The van der Waals surface area contributed by atoms with E-state index in [0.29, 0.717) is 0 Å². The molecule has 2 rings (SSSR count). The first kappa shape index (κ1) is 14.1. The van der Waals surface area contributed by atoms with Crippen molar-refractivity contribution in [2.75, 3.05) is 29.9 Å². The highest BCUT2D eigenvalue weighted by Gasteiger charge is 2.20. The van der Waals surface area contributed by atoms with Crippen LogP contribution >= 0.6 is 0 Å². The molecule has 4 heteroatoms. The van der Waals surface area contributed by atoms with Crippen LogP contribution < -0.4 is 10.2 Å². The molecule has 0 saturated carbocycles. The van der Waals surface area contributed by atoms with E-state index in [0.717, 1.165) is 43.1 Å². The summed E-state index contributed by atoms with van der Waals surface area (Å²) < 4.78 is 0. The van der Waals surface area contributed by atoms with Crippen LogP contribution in [0.4, 0.5) is 11.6 Å². The van der Waals surface area contributed by atoms with Crippen molar-refractivity contribution in [2.45, 2.75) is 40.0 Å². The van der Waals surface area contributed by atoms with Crippen molar-refractivity contribution in [2.24, 2.45) is 11.8 Å². The molecule has 0 spiro atoms. The Balaban J connectivity index is 2.03. The molecule has 0 bridgehead atoms. The van der Waals surface area contributed by atoms with Gasteiger partial charge in [0.15, 0.2) is 0 Å². The SMILES string of the molecule is CCNc1cc(N2CCCC(C(C)C)CC2)ncn1. The van der Waals surface area contributed by atoms with Crippen LogP contribution in [-0.4, -0.2) is 29.6 Å². The second-order valence-electron chi connectivity index (χ2n) is 5.71. The van der Waals surface area contributed by atoms with Gasteiger partial charge < -0.3 is 10.2 Å². The van der Waals surface area contributed by atoms with Gasteiger partial charge in [-0.1, -0.05) is 13.8 Å². The minimum absolute atomic E-state index is 0.794. The van der Waals surface area contributed by atoms with Crippen LogP contribution in [0.5, 0.6) is 0 Å². The van der Waals surface area contributed by atoms with Gasteiger partial charge in [-0.25, -0.2) is 9.97 Å². The monoisotopic (exact) mass is 262 g/mol. The average molecular weight is 262 g/mol. The first-order chi connectivity index (χ1) is 9.20. The molecule has 0 radical (unpaired) electrons. The fourth-order valence-corrected chi connectivity index (χ4v) is 2.82. The number of anilines is 2. The summed E-state index contributed by atoms with van der Waals surface area (Å²) in [6.45, 7) is 9.90. The van der Waals surface area contributed by atoms with Crippen LogP contribution in [0.25, 0.3) is 0 Å². The van der Waals surface area contributed by atoms with Crippen molar-refractivity contribution in [3.05, 3.63) is 12.4 Å². The molecule has 106 valence electrons. The molecular formula is C15H26N4. The predicted octanol–water partition coefficient (Wildman–Crippen LogP) is 3.17. The van der Waals surface area contributed by atoms with Gasteiger partial charge in [0.2, 0.25) is 0 Å². The van der Waals surface area contributed by atoms with E-state index >= 15 is 0 Å². The van der Waals surface area contributed by atoms with Crippen molar-refractivity contribution >= 4 is 11.6 Å². The second-order valence-corrected chi connectivity index (χ2v) is 5.71. The molecule has 0 amide bonds. The van der Waals surface area contributed by atoms with Crippen molar-refractivity contribution in [3.63, 3.8) is 0 Å². The van der Waals surface area contributed by atoms with Gasteiger partial charge >= 0.3 is 0 Å². The molecule has 1 atom stereocenters.